The lowest BCUT2D eigenvalue weighted by Gasteiger charge is -2.12. The minimum absolute atomic E-state index is 0. The van der Waals surface area contributed by atoms with Crippen molar-refractivity contribution in [1.82, 2.24) is 34.8 Å². The molecule has 0 aromatic carbocycles. The van der Waals surface area contributed by atoms with Crippen LogP contribution < -0.4 is 16.3 Å². The number of fused-ring (bicyclic) bond motifs is 1. The highest BCUT2D eigenvalue weighted by atomic mass is 127. The summed E-state index contributed by atoms with van der Waals surface area (Å²) < 4.78 is 5.31. The lowest BCUT2D eigenvalue weighted by atomic mass is 10.2. The van der Waals surface area contributed by atoms with Gasteiger partial charge in [-0.1, -0.05) is 0 Å². The maximum atomic E-state index is 12.3. The molecule has 2 N–H and O–H groups in total. The van der Waals surface area contributed by atoms with Crippen molar-refractivity contribution in [3.05, 3.63) is 33.3 Å². The summed E-state index contributed by atoms with van der Waals surface area (Å²) in [5, 5.41) is 15.5. The second-order valence-corrected chi connectivity index (χ2v) is 7.01. The monoisotopic (exact) mass is 502 g/mol. The molecule has 3 heterocycles. The largest absolute Gasteiger partial charge is 0.356 e. The van der Waals surface area contributed by atoms with Crippen LogP contribution in [0.1, 0.15) is 42.0 Å². The number of halogens is 1. The second-order valence-electron chi connectivity index (χ2n) is 7.01. The molecule has 9 nitrogen and oxygen atoms in total. The van der Waals surface area contributed by atoms with Gasteiger partial charge in [-0.2, -0.15) is 10.2 Å². The number of guanidine groups is 1. The zero-order valence-electron chi connectivity index (χ0n) is 17.2. The van der Waals surface area contributed by atoms with Crippen molar-refractivity contribution in [2.75, 3.05) is 13.6 Å². The van der Waals surface area contributed by atoms with Crippen LogP contribution in [-0.4, -0.2) is 43.7 Å². The number of rotatable bonds is 6. The van der Waals surface area contributed by atoms with Crippen LogP contribution in [0.2, 0.25) is 0 Å². The van der Waals surface area contributed by atoms with Crippen LogP contribution in [-0.2, 0) is 33.1 Å². The van der Waals surface area contributed by atoms with Gasteiger partial charge in [0.25, 0.3) is 0 Å². The molecule has 28 heavy (non-hydrogen) atoms. The van der Waals surface area contributed by atoms with E-state index >= 15 is 0 Å². The Bertz CT molecular complexity index is 879. The van der Waals surface area contributed by atoms with E-state index in [2.05, 4.69) is 32.7 Å². The summed E-state index contributed by atoms with van der Waals surface area (Å²) in [7, 11) is 3.71. The lowest BCUT2D eigenvalue weighted by molar-refractivity contribution is 0.509. The van der Waals surface area contributed by atoms with Crippen molar-refractivity contribution >= 4 is 29.9 Å². The molecule has 0 aliphatic carbocycles. The van der Waals surface area contributed by atoms with Crippen LogP contribution in [0.15, 0.2) is 9.79 Å². The van der Waals surface area contributed by atoms with Gasteiger partial charge in [-0.25, -0.2) is 9.48 Å². The smallest absolute Gasteiger partial charge is 0.345 e. The molecule has 2 aromatic heterocycles. The quantitative estimate of drug-likeness (QED) is 0.267. The molecule has 0 radical (unpaired) electrons. The Morgan fingerprint density at radius 2 is 2.00 bits per heavy atom. The van der Waals surface area contributed by atoms with Gasteiger partial charge in [0.05, 0.1) is 5.69 Å². The molecule has 3 rings (SSSR count). The molecule has 0 unspecified atom stereocenters. The molecular formula is C18H31IN8O. The number of hydrogen-bond acceptors (Lipinski definition) is 4. The van der Waals surface area contributed by atoms with Gasteiger partial charge in [0.15, 0.2) is 5.96 Å². The predicted molar refractivity (Wildman–Crippen MR) is 120 cm³/mol. The van der Waals surface area contributed by atoms with Crippen LogP contribution in [0, 0.1) is 13.8 Å². The summed E-state index contributed by atoms with van der Waals surface area (Å²) in [6.07, 6.45) is 3.90. The maximum absolute atomic E-state index is 12.3. The molecule has 1 aliphatic rings. The van der Waals surface area contributed by atoms with E-state index in [0.717, 1.165) is 61.9 Å². The summed E-state index contributed by atoms with van der Waals surface area (Å²) in [6.45, 7) is 6.90. The van der Waals surface area contributed by atoms with Gasteiger partial charge in [0.1, 0.15) is 5.82 Å². The average Bonchev–Trinajstić information content (AvgIpc) is 3.11. The molecule has 0 fully saturated rings. The standard InChI is InChI=1S/C18H30N8O.HI/c1-13-15(14(2)24(4)22-13)12-21-17(19-3)20-9-7-11-26-18(27)25-10-6-5-8-16(25)23-26;/h5-12H2,1-4H3,(H2,19,20,21);1H. The molecule has 1 aliphatic heterocycles. The van der Waals surface area contributed by atoms with Crippen LogP contribution in [0.5, 0.6) is 0 Å². The predicted octanol–water partition coefficient (Wildman–Crippen LogP) is 1.10. The molecule has 2 aromatic rings. The second kappa shape index (κ2) is 10.1. The zero-order chi connectivity index (χ0) is 19.4. The maximum Gasteiger partial charge on any atom is 0.345 e. The van der Waals surface area contributed by atoms with E-state index in [9.17, 15) is 4.79 Å². The van der Waals surface area contributed by atoms with Gasteiger partial charge < -0.3 is 10.6 Å². The molecule has 156 valence electrons. The molecule has 0 amide bonds. The SMILES string of the molecule is CN=C(NCCCn1nc2n(c1=O)CCCC2)NCc1c(C)nn(C)c1C.I. The fourth-order valence-corrected chi connectivity index (χ4v) is 3.50. The normalized spacial score (nSPS) is 13.8. The lowest BCUT2D eigenvalue weighted by Crippen LogP contribution is -2.38. The Balaban J connectivity index is 0.00000280. The summed E-state index contributed by atoms with van der Waals surface area (Å²) >= 11 is 0. The van der Waals surface area contributed by atoms with E-state index in [-0.39, 0.29) is 29.7 Å². The van der Waals surface area contributed by atoms with Gasteiger partial charge in [0.2, 0.25) is 0 Å². The van der Waals surface area contributed by atoms with Crippen LogP contribution in [0.4, 0.5) is 0 Å². The highest BCUT2D eigenvalue weighted by molar-refractivity contribution is 14.0. The molecular weight excluding hydrogens is 471 g/mol. The Morgan fingerprint density at radius 3 is 2.64 bits per heavy atom. The van der Waals surface area contributed by atoms with Crippen molar-refractivity contribution in [3.8, 4) is 0 Å². The molecule has 0 bridgehead atoms. The molecule has 0 saturated heterocycles. The summed E-state index contributed by atoms with van der Waals surface area (Å²) in [5.74, 6) is 1.67. The molecule has 0 spiro atoms. The summed E-state index contributed by atoms with van der Waals surface area (Å²) in [5.41, 5.74) is 3.39. The van der Waals surface area contributed by atoms with Crippen molar-refractivity contribution in [3.63, 3.8) is 0 Å². The number of aliphatic imine (C=N–C) groups is 1. The number of hydrogen-bond donors (Lipinski definition) is 2. The third kappa shape index (κ3) is 4.95. The summed E-state index contributed by atoms with van der Waals surface area (Å²) in [6, 6.07) is 0. The highest BCUT2D eigenvalue weighted by Gasteiger charge is 2.16. The Hall–Kier alpha value is -1.85. The van der Waals surface area contributed by atoms with Crippen LogP contribution in [0.25, 0.3) is 0 Å². The van der Waals surface area contributed by atoms with E-state index in [0.29, 0.717) is 13.1 Å². The van der Waals surface area contributed by atoms with E-state index in [1.54, 1.807) is 11.7 Å². The van der Waals surface area contributed by atoms with Crippen molar-refractivity contribution in [2.45, 2.75) is 59.2 Å². The van der Waals surface area contributed by atoms with Crippen LogP contribution in [0.3, 0.4) is 0 Å². The number of nitrogens with zero attached hydrogens (tertiary/aromatic N) is 6. The Labute approximate surface area is 182 Å². The fourth-order valence-electron chi connectivity index (χ4n) is 3.50. The first-order chi connectivity index (χ1) is 13.0. The number of aryl methyl sites for hydroxylation is 4. The minimum Gasteiger partial charge on any atom is -0.356 e. The Morgan fingerprint density at radius 1 is 1.21 bits per heavy atom. The van der Waals surface area contributed by atoms with E-state index in [1.165, 1.54) is 5.56 Å². The first-order valence-electron chi connectivity index (χ1n) is 9.61. The molecule has 0 atom stereocenters. The Kier molecular flexibility index (Phi) is 8.08. The fraction of sp³-hybridized carbons (Fsp3) is 0.667. The summed E-state index contributed by atoms with van der Waals surface area (Å²) in [4.78, 5) is 16.6. The third-order valence-electron chi connectivity index (χ3n) is 5.19. The van der Waals surface area contributed by atoms with Crippen LogP contribution >= 0.6 is 24.0 Å². The topological polar surface area (TPSA) is 94.1 Å². The van der Waals surface area contributed by atoms with Gasteiger partial charge in [-0.15, -0.1) is 24.0 Å². The number of aromatic nitrogens is 5. The molecule has 0 saturated carbocycles. The minimum atomic E-state index is 0. The van der Waals surface area contributed by atoms with Gasteiger partial charge >= 0.3 is 5.69 Å². The number of nitrogens with one attached hydrogen (secondary N) is 2. The third-order valence-corrected chi connectivity index (χ3v) is 5.19. The molecule has 10 heteroatoms. The van der Waals surface area contributed by atoms with E-state index in [4.69, 9.17) is 0 Å². The van der Waals surface area contributed by atoms with E-state index < -0.39 is 0 Å². The average molecular weight is 502 g/mol. The van der Waals surface area contributed by atoms with Gasteiger partial charge in [-0.05, 0) is 33.1 Å². The van der Waals surface area contributed by atoms with Crippen molar-refractivity contribution in [1.29, 1.82) is 0 Å². The van der Waals surface area contributed by atoms with Crippen molar-refractivity contribution in [2.24, 2.45) is 12.0 Å². The highest BCUT2D eigenvalue weighted by Crippen LogP contribution is 2.11. The zero-order valence-corrected chi connectivity index (χ0v) is 19.5. The van der Waals surface area contributed by atoms with E-state index in [1.807, 2.05) is 23.2 Å². The van der Waals surface area contributed by atoms with Gasteiger partial charge in [0, 0.05) is 58.0 Å². The first-order valence-corrected chi connectivity index (χ1v) is 9.61. The van der Waals surface area contributed by atoms with Crippen molar-refractivity contribution < 1.29 is 0 Å². The van der Waals surface area contributed by atoms with Gasteiger partial charge in [-0.3, -0.25) is 14.2 Å². The first kappa shape index (κ1) is 22.4.